The molecule has 152 valence electrons. The van der Waals surface area contributed by atoms with Crippen LogP contribution in [-0.2, 0) is 16.0 Å². The minimum atomic E-state index is -1.07. The highest BCUT2D eigenvalue weighted by molar-refractivity contribution is 7.99. The van der Waals surface area contributed by atoms with Gasteiger partial charge in [-0.2, -0.15) is 5.01 Å². The van der Waals surface area contributed by atoms with Crippen molar-refractivity contribution in [1.29, 1.82) is 0 Å². The van der Waals surface area contributed by atoms with Crippen LogP contribution in [0.2, 0.25) is 0 Å². The molecule has 1 aromatic heterocycles. The zero-order chi connectivity index (χ0) is 20.4. The van der Waals surface area contributed by atoms with Crippen LogP contribution in [0.15, 0.2) is 40.0 Å². The highest BCUT2D eigenvalue weighted by Crippen LogP contribution is 2.39. The van der Waals surface area contributed by atoms with Crippen molar-refractivity contribution in [3.05, 3.63) is 41.8 Å². The van der Waals surface area contributed by atoms with Crippen molar-refractivity contribution >= 4 is 29.6 Å². The Balaban J connectivity index is 1.30. The van der Waals surface area contributed by atoms with E-state index in [2.05, 4.69) is 20.9 Å². The number of aryl methyl sites for hydroxylation is 1. The number of carbonyl (C=O) groups is 3. The first-order valence-electron chi connectivity index (χ1n) is 9.41. The van der Waals surface area contributed by atoms with Gasteiger partial charge in [0.1, 0.15) is 5.54 Å². The van der Waals surface area contributed by atoms with Gasteiger partial charge in [-0.3, -0.25) is 15.0 Å². The van der Waals surface area contributed by atoms with Crippen molar-refractivity contribution in [3.63, 3.8) is 0 Å². The summed E-state index contributed by atoms with van der Waals surface area (Å²) in [5, 5.41) is 11.6. The highest BCUT2D eigenvalue weighted by Gasteiger charge is 2.48. The van der Waals surface area contributed by atoms with Crippen molar-refractivity contribution in [1.82, 2.24) is 25.9 Å². The van der Waals surface area contributed by atoms with Gasteiger partial charge in [0.05, 0.1) is 5.75 Å². The molecule has 2 N–H and O–H groups in total. The molecule has 0 spiro atoms. The Morgan fingerprint density at radius 2 is 2.07 bits per heavy atom. The normalized spacial score (nSPS) is 21.3. The molecule has 0 unspecified atom stereocenters. The number of amides is 4. The molecular weight excluding hydrogens is 394 g/mol. The summed E-state index contributed by atoms with van der Waals surface area (Å²) in [6.45, 7) is 1.66. The van der Waals surface area contributed by atoms with E-state index >= 15 is 0 Å². The van der Waals surface area contributed by atoms with Crippen LogP contribution in [0.3, 0.4) is 0 Å². The molecule has 1 saturated heterocycles. The smallest absolute Gasteiger partial charge is 0.344 e. The maximum Gasteiger partial charge on any atom is 0.344 e. The molecule has 2 aliphatic rings. The first-order chi connectivity index (χ1) is 13.9. The van der Waals surface area contributed by atoms with Crippen LogP contribution in [0.25, 0.3) is 0 Å². The maximum atomic E-state index is 12.7. The third kappa shape index (κ3) is 4.42. The molecule has 0 bridgehead atoms. The van der Waals surface area contributed by atoms with Crippen molar-refractivity contribution in [2.24, 2.45) is 0 Å². The second-order valence-electron chi connectivity index (χ2n) is 7.39. The fraction of sp³-hybridized carbons (Fsp3) is 0.421. The number of hydrogen-bond donors (Lipinski definition) is 2. The summed E-state index contributed by atoms with van der Waals surface area (Å²) >= 11 is 1.07. The average Bonchev–Trinajstić information content (AvgIpc) is 3.42. The number of rotatable bonds is 8. The van der Waals surface area contributed by atoms with E-state index in [9.17, 15) is 14.4 Å². The zero-order valence-electron chi connectivity index (χ0n) is 15.9. The molecule has 1 atom stereocenters. The van der Waals surface area contributed by atoms with Crippen LogP contribution < -0.4 is 10.7 Å². The molecule has 1 saturated carbocycles. The molecule has 2 heterocycles. The predicted octanol–water partition coefficient (Wildman–Crippen LogP) is 2.01. The molecule has 1 aliphatic carbocycles. The molecule has 10 heteroatoms. The lowest BCUT2D eigenvalue weighted by Gasteiger charge is -2.21. The van der Waals surface area contributed by atoms with E-state index in [0.29, 0.717) is 29.9 Å². The monoisotopic (exact) mass is 415 g/mol. The summed E-state index contributed by atoms with van der Waals surface area (Å²) in [4.78, 5) is 37.2. The van der Waals surface area contributed by atoms with Gasteiger partial charge in [0.2, 0.25) is 11.8 Å². The molecule has 0 radical (unpaired) electrons. The standard InChI is InChI=1S/C19H21N5O4S/c1-19(10-9-12-5-3-2-4-6-12)16(26)24(17(27)20-19)23-14(25)11-29-18-22-21-15(28-18)13-7-8-13/h2-6,13H,7-11H2,1H3,(H,20,27)(H,23,25)/t19-/m0/s1. The fourth-order valence-electron chi connectivity index (χ4n) is 3.05. The summed E-state index contributed by atoms with van der Waals surface area (Å²) < 4.78 is 5.48. The van der Waals surface area contributed by atoms with Crippen molar-refractivity contribution in [2.45, 2.75) is 49.3 Å². The minimum absolute atomic E-state index is 0.0515. The second-order valence-corrected chi connectivity index (χ2v) is 8.32. The number of nitrogens with zero attached hydrogens (tertiary/aromatic N) is 3. The Labute approximate surface area is 171 Å². The number of benzene rings is 1. The fourth-order valence-corrected chi connectivity index (χ4v) is 3.61. The third-order valence-corrected chi connectivity index (χ3v) is 5.75. The van der Waals surface area contributed by atoms with Gasteiger partial charge in [-0.25, -0.2) is 4.79 Å². The molecule has 9 nitrogen and oxygen atoms in total. The average molecular weight is 415 g/mol. The molecule has 1 aromatic carbocycles. The largest absolute Gasteiger partial charge is 0.416 e. The quantitative estimate of drug-likeness (QED) is 0.500. The molecular formula is C19H21N5O4S. The van der Waals surface area contributed by atoms with Gasteiger partial charge >= 0.3 is 6.03 Å². The van der Waals surface area contributed by atoms with Gasteiger partial charge in [0.15, 0.2) is 0 Å². The van der Waals surface area contributed by atoms with E-state index in [1.807, 2.05) is 30.3 Å². The number of urea groups is 1. The van der Waals surface area contributed by atoms with Crippen LogP contribution in [0.1, 0.15) is 43.6 Å². The lowest BCUT2D eigenvalue weighted by Crippen LogP contribution is -2.49. The number of aromatic nitrogens is 2. The number of hydrogen-bond acceptors (Lipinski definition) is 7. The minimum Gasteiger partial charge on any atom is -0.416 e. The van der Waals surface area contributed by atoms with E-state index in [0.717, 1.165) is 35.2 Å². The van der Waals surface area contributed by atoms with E-state index in [4.69, 9.17) is 4.42 Å². The number of thioether (sulfide) groups is 1. The van der Waals surface area contributed by atoms with Crippen LogP contribution in [0.4, 0.5) is 4.79 Å². The van der Waals surface area contributed by atoms with Gasteiger partial charge in [0.25, 0.3) is 11.1 Å². The highest BCUT2D eigenvalue weighted by atomic mass is 32.2. The predicted molar refractivity (Wildman–Crippen MR) is 104 cm³/mol. The third-order valence-electron chi connectivity index (χ3n) is 4.93. The summed E-state index contributed by atoms with van der Waals surface area (Å²) in [6.07, 6.45) is 3.14. The first-order valence-corrected chi connectivity index (χ1v) is 10.4. The van der Waals surface area contributed by atoms with E-state index in [1.54, 1.807) is 6.92 Å². The molecule has 2 aromatic rings. The lowest BCUT2D eigenvalue weighted by molar-refractivity contribution is -0.138. The Morgan fingerprint density at radius 1 is 1.31 bits per heavy atom. The maximum absolute atomic E-state index is 12.7. The van der Waals surface area contributed by atoms with Crippen LogP contribution in [0, 0.1) is 0 Å². The Morgan fingerprint density at radius 3 is 2.79 bits per heavy atom. The van der Waals surface area contributed by atoms with Gasteiger partial charge in [-0.1, -0.05) is 42.1 Å². The van der Waals surface area contributed by atoms with Crippen molar-refractivity contribution in [3.8, 4) is 0 Å². The van der Waals surface area contributed by atoms with Crippen LogP contribution >= 0.6 is 11.8 Å². The SMILES string of the molecule is C[C@@]1(CCc2ccccc2)NC(=O)N(NC(=O)CSc2nnc(C3CC3)o2)C1=O. The molecule has 4 rings (SSSR count). The van der Waals surface area contributed by atoms with Crippen molar-refractivity contribution < 1.29 is 18.8 Å². The summed E-state index contributed by atoms with van der Waals surface area (Å²) in [7, 11) is 0. The van der Waals surface area contributed by atoms with E-state index in [1.165, 1.54) is 0 Å². The van der Waals surface area contributed by atoms with Gasteiger partial charge in [-0.05, 0) is 38.2 Å². The molecule has 2 fully saturated rings. The van der Waals surface area contributed by atoms with E-state index < -0.39 is 23.4 Å². The van der Waals surface area contributed by atoms with Crippen molar-refractivity contribution in [2.75, 3.05) is 5.75 Å². The van der Waals surface area contributed by atoms with Gasteiger partial charge in [0, 0.05) is 5.92 Å². The Kier molecular flexibility index (Phi) is 5.27. The Hall–Kier alpha value is -2.88. The molecule has 1 aliphatic heterocycles. The lowest BCUT2D eigenvalue weighted by atomic mass is 9.93. The van der Waals surface area contributed by atoms with Crippen LogP contribution in [-0.4, -0.2) is 44.3 Å². The number of nitrogens with one attached hydrogen (secondary N) is 2. The number of carbonyl (C=O) groups excluding carboxylic acids is 3. The second kappa shape index (κ2) is 7.86. The molecule has 29 heavy (non-hydrogen) atoms. The molecule has 4 amide bonds. The summed E-state index contributed by atoms with van der Waals surface area (Å²) in [6, 6.07) is 9.06. The summed E-state index contributed by atoms with van der Waals surface area (Å²) in [5.41, 5.74) is 2.36. The van der Waals surface area contributed by atoms with Gasteiger partial charge < -0.3 is 9.73 Å². The number of imide groups is 1. The topological polar surface area (TPSA) is 117 Å². The van der Waals surface area contributed by atoms with E-state index in [-0.39, 0.29) is 5.75 Å². The Bertz CT molecular complexity index is 930. The first kappa shape index (κ1) is 19.4. The van der Waals surface area contributed by atoms with Crippen LogP contribution in [0.5, 0.6) is 0 Å². The zero-order valence-corrected chi connectivity index (χ0v) is 16.7. The van der Waals surface area contributed by atoms with Gasteiger partial charge in [-0.15, -0.1) is 10.2 Å². The number of hydrazine groups is 1. The summed E-state index contributed by atoms with van der Waals surface area (Å²) in [5.74, 6) is -0.103.